The van der Waals surface area contributed by atoms with Crippen molar-refractivity contribution in [1.82, 2.24) is 4.57 Å². The Morgan fingerprint density at radius 3 is 1.43 bits per heavy atom. The monoisotopic (exact) mass is 556 g/mol. The Morgan fingerprint density at radius 1 is 0.514 bits per heavy atom. The topological polar surface area (TPSA) is 28.7 Å². The Balaban J connectivity index is 1.68. The van der Waals surface area contributed by atoms with E-state index in [2.05, 4.69) is 34.9 Å². The number of halogens is 4. The second kappa shape index (κ2) is 9.45. The van der Waals surface area contributed by atoms with Gasteiger partial charge in [-0.1, -0.05) is 70.7 Å². The van der Waals surface area contributed by atoms with E-state index < -0.39 is 0 Å². The molecule has 0 aliphatic carbocycles. The molecule has 0 saturated carbocycles. The average molecular weight is 558 g/mol. The quantitative estimate of drug-likeness (QED) is 0.213. The standard InChI is InChI=1S/C31H16Cl4N2/c32-23-9-21(10-24(33)15-23)18-5-7-30-27(13-18)28-14-19(22-11-25(34)16-26(35)12-22)6-8-31(28)37(30)29-4-2-1-3-20(29)17-36/h1-16H. The van der Waals surface area contributed by atoms with Crippen LogP contribution in [0.1, 0.15) is 5.56 Å². The van der Waals surface area contributed by atoms with Crippen LogP contribution >= 0.6 is 46.4 Å². The summed E-state index contributed by atoms with van der Waals surface area (Å²) in [5.74, 6) is 0. The number of rotatable bonds is 3. The van der Waals surface area contributed by atoms with E-state index >= 15 is 0 Å². The molecule has 6 heteroatoms. The molecule has 0 bridgehead atoms. The predicted molar refractivity (Wildman–Crippen MR) is 156 cm³/mol. The fraction of sp³-hybridized carbons (Fsp3) is 0. The third-order valence-corrected chi connectivity index (χ3v) is 7.30. The number of hydrogen-bond donors (Lipinski definition) is 0. The fourth-order valence-corrected chi connectivity index (χ4v) is 5.90. The van der Waals surface area contributed by atoms with E-state index in [9.17, 15) is 5.26 Å². The van der Waals surface area contributed by atoms with E-state index in [0.29, 0.717) is 25.7 Å². The zero-order valence-corrected chi connectivity index (χ0v) is 22.2. The van der Waals surface area contributed by atoms with Crippen LogP contribution in [0.4, 0.5) is 0 Å². The lowest BCUT2D eigenvalue weighted by atomic mass is 10.0. The molecular formula is C31H16Cl4N2. The number of aromatic nitrogens is 1. The van der Waals surface area contributed by atoms with E-state index in [-0.39, 0.29) is 0 Å². The van der Waals surface area contributed by atoms with Crippen molar-refractivity contribution in [3.63, 3.8) is 0 Å². The summed E-state index contributed by atoms with van der Waals surface area (Å²) in [5, 5.41) is 14.2. The van der Waals surface area contributed by atoms with Crippen molar-refractivity contribution < 1.29 is 0 Å². The third-order valence-electron chi connectivity index (χ3n) is 6.42. The van der Waals surface area contributed by atoms with Crippen LogP contribution in [0.25, 0.3) is 49.7 Å². The molecule has 0 spiro atoms. The molecular weight excluding hydrogens is 542 g/mol. The molecule has 0 aliphatic heterocycles. The van der Waals surface area contributed by atoms with Gasteiger partial charge in [0.2, 0.25) is 0 Å². The molecule has 2 nitrogen and oxygen atoms in total. The van der Waals surface area contributed by atoms with E-state index in [4.69, 9.17) is 46.4 Å². The second-order valence-electron chi connectivity index (χ2n) is 8.74. The summed E-state index contributed by atoms with van der Waals surface area (Å²) in [6.07, 6.45) is 0. The SMILES string of the molecule is N#Cc1ccccc1-n1c2ccc(-c3cc(Cl)cc(Cl)c3)cc2c2cc(-c3cc(Cl)cc(Cl)c3)ccc21. The molecule has 0 atom stereocenters. The van der Waals surface area contributed by atoms with Gasteiger partial charge in [-0.3, -0.25) is 0 Å². The van der Waals surface area contributed by atoms with Gasteiger partial charge in [0.1, 0.15) is 6.07 Å². The van der Waals surface area contributed by atoms with Crippen molar-refractivity contribution in [2.75, 3.05) is 0 Å². The van der Waals surface area contributed by atoms with Gasteiger partial charge in [-0.2, -0.15) is 5.26 Å². The summed E-state index contributed by atoms with van der Waals surface area (Å²) in [6, 6.07) is 33.5. The molecule has 0 unspecified atom stereocenters. The van der Waals surface area contributed by atoms with Gasteiger partial charge in [-0.15, -0.1) is 0 Å². The van der Waals surface area contributed by atoms with Gasteiger partial charge in [-0.05, 0) is 95.1 Å². The number of para-hydroxylation sites is 1. The van der Waals surface area contributed by atoms with Crippen molar-refractivity contribution in [1.29, 1.82) is 5.26 Å². The molecule has 6 rings (SSSR count). The Morgan fingerprint density at radius 2 is 0.973 bits per heavy atom. The fourth-order valence-electron chi connectivity index (χ4n) is 4.85. The average Bonchev–Trinajstić information content (AvgIpc) is 3.20. The van der Waals surface area contributed by atoms with Gasteiger partial charge in [0, 0.05) is 30.9 Å². The molecule has 0 fully saturated rings. The Kier molecular flexibility index (Phi) is 6.11. The van der Waals surface area contributed by atoms with Gasteiger partial charge < -0.3 is 4.57 Å². The first-order valence-electron chi connectivity index (χ1n) is 11.4. The Labute approximate surface area is 233 Å². The van der Waals surface area contributed by atoms with Crippen LogP contribution in [0.5, 0.6) is 0 Å². The maximum absolute atomic E-state index is 9.84. The zero-order chi connectivity index (χ0) is 25.7. The lowest BCUT2D eigenvalue weighted by molar-refractivity contribution is 1.17. The molecule has 6 aromatic rings. The molecule has 0 N–H and O–H groups in total. The minimum Gasteiger partial charge on any atom is -0.308 e. The van der Waals surface area contributed by atoms with Crippen LogP contribution in [0.15, 0.2) is 97.1 Å². The van der Waals surface area contributed by atoms with Crippen LogP contribution in [-0.4, -0.2) is 4.57 Å². The van der Waals surface area contributed by atoms with Gasteiger partial charge >= 0.3 is 0 Å². The zero-order valence-electron chi connectivity index (χ0n) is 19.1. The molecule has 1 aromatic heterocycles. The molecule has 0 amide bonds. The van der Waals surface area contributed by atoms with Crippen molar-refractivity contribution in [3.8, 4) is 34.0 Å². The number of nitrogens with zero attached hydrogens (tertiary/aromatic N) is 2. The number of benzene rings is 5. The highest BCUT2D eigenvalue weighted by Crippen LogP contribution is 2.39. The number of fused-ring (bicyclic) bond motifs is 3. The van der Waals surface area contributed by atoms with Gasteiger partial charge in [0.15, 0.2) is 0 Å². The van der Waals surface area contributed by atoms with E-state index in [1.807, 2.05) is 60.7 Å². The number of hydrogen-bond acceptors (Lipinski definition) is 1. The summed E-state index contributed by atoms with van der Waals surface area (Å²) in [6.45, 7) is 0. The molecule has 1 heterocycles. The summed E-state index contributed by atoms with van der Waals surface area (Å²) in [5.41, 5.74) is 7.21. The first kappa shape index (κ1) is 23.9. The maximum Gasteiger partial charge on any atom is 0.101 e. The van der Waals surface area contributed by atoms with Crippen LogP contribution in [0.3, 0.4) is 0 Å². The lowest BCUT2D eigenvalue weighted by Gasteiger charge is -2.10. The Hall–Kier alpha value is -3.45. The van der Waals surface area contributed by atoms with Gasteiger partial charge in [-0.25, -0.2) is 0 Å². The van der Waals surface area contributed by atoms with Gasteiger partial charge in [0.25, 0.3) is 0 Å². The van der Waals surface area contributed by atoms with Crippen molar-refractivity contribution in [3.05, 3.63) is 123 Å². The smallest absolute Gasteiger partial charge is 0.101 e. The first-order valence-corrected chi connectivity index (χ1v) is 12.9. The van der Waals surface area contributed by atoms with E-state index in [1.54, 1.807) is 12.1 Å². The molecule has 0 aliphatic rings. The van der Waals surface area contributed by atoms with Crippen LogP contribution < -0.4 is 0 Å². The molecule has 37 heavy (non-hydrogen) atoms. The van der Waals surface area contributed by atoms with E-state index in [1.165, 1.54) is 0 Å². The largest absolute Gasteiger partial charge is 0.308 e. The summed E-state index contributed by atoms with van der Waals surface area (Å²) >= 11 is 25.2. The molecule has 178 valence electrons. The maximum atomic E-state index is 9.84. The predicted octanol–water partition coefficient (Wildman–Crippen LogP) is 10.6. The minimum atomic E-state index is 0.577. The first-order chi connectivity index (χ1) is 17.9. The van der Waals surface area contributed by atoms with Crippen molar-refractivity contribution in [2.45, 2.75) is 0 Å². The normalized spacial score (nSPS) is 11.2. The summed E-state index contributed by atoms with van der Waals surface area (Å²) in [7, 11) is 0. The second-order valence-corrected chi connectivity index (χ2v) is 10.5. The highest BCUT2D eigenvalue weighted by molar-refractivity contribution is 6.35. The molecule has 0 radical (unpaired) electrons. The minimum absolute atomic E-state index is 0.577. The third kappa shape index (κ3) is 4.35. The van der Waals surface area contributed by atoms with Crippen LogP contribution in [0.2, 0.25) is 20.1 Å². The highest BCUT2D eigenvalue weighted by atomic mass is 35.5. The van der Waals surface area contributed by atoms with Crippen LogP contribution in [0, 0.1) is 11.3 Å². The summed E-state index contributed by atoms with van der Waals surface area (Å²) in [4.78, 5) is 0. The van der Waals surface area contributed by atoms with Gasteiger partial charge in [0.05, 0.1) is 22.3 Å². The molecule has 0 saturated heterocycles. The summed E-state index contributed by atoms with van der Waals surface area (Å²) < 4.78 is 2.13. The van der Waals surface area contributed by atoms with Crippen molar-refractivity contribution >= 4 is 68.2 Å². The number of nitriles is 1. The van der Waals surface area contributed by atoms with Crippen molar-refractivity contribution in [2.24, 2.45) is 0 Å². The highest BCUT2D eigenvalue weighted by Gasteiger charge is 2.17. The van der Waals surface area contributed by atoms with Crippen LogP contribution in [-0.2, 0) is 0 Å². The molecule has 5 aromatic carbocycles. The lowest BCUT2D eigenvalue weighted by Crippen LogP contribution is -1.97. The Bertz CT molecular complexity index is 1750. The van der Waals surface area contributed by atoms with E-state index in [0.717, 1.165) is 49.7 Å².